The van der Waals surface area contributed by atoms with Crippen LogP contribution in [0.15, 0.2) is 29.3 Å². The minimum Gasteiger partial charge on any atom is -0.357 e. The molecule has 8 heteroatoms. The lowest BCUT2D eigenvalue weighted by Gasteiger charge is -2.22. The quantitative estimate of drug-likeness (QED) is 0.344. The van der Waals surface area contributed by atoms with Crippen molar-refractivity contribution >= 4 is 40.0 Å². The van der Waals surface area contributed by atoms with E-state index in [0.717, 1.165) is 48.6 Å². The van der Waals surface area contributed by atoms with E-state index in [9.17, 15) is 8.42 Å². The molecule has 1 saturated heterocycles. The van der Waals surface area contributed by atoms with Crippen LogP contribution in [0.4, 0.5) is 0 Å². The molecule has 1 aromatic carbocycles. The minimum absolute atomic E-state index is 0. The van der Waals surface area contributed by atoms with Gasteiger partial charge in [-0.1, -0.05) is 37.1 Å². The van der Waals surface area contributed by atoms with Crippen LogP contribution >= 0.6 is 24.0 Å². The molecule has 2 unspecified atom stereocenters. The number of guanidine groups is 1. The Bertz CT molecular complexity index is 738. The van der Waals surface area contributed by atoms with Crippen molar-refractivity contribution < 1.29 is 8.42 Å². The van der Waals surface area contributed by atoms with Crippen LogP contribution in [0, 0.1) is 11.8 Å². The van der Waals surface area contributed by atoms with Crippen molar-refractivity contribution in [3.05, 3.63) is 35.4 Å². The number of rotatable bonds is 6. The van der Waals surface area contributed by atoms with Gasteiger partial charge >= 0.3 is 0 Å². The first-order valence-corrected chi connectivity index (χ1v) is 11.7. The highest BCUT2D eigenvalue weighted by Gasteiger charge is 2.35. The maximum atomic E-state index is 11.6. The Morgan fingerprint density at radius 2 is 1.68 bits per heavy atom. The fourth-order valence-electron chi connectivity index (χ4n) is 4.20. The molecule has 0 aromatic heterocycles. The number of hydrogen-bond acceptors (Lipinski definition) is 3. The molecule has 1 saturated carbocycles. The van der Waals surface area contributed by atoms with Crippen molar-refractivity contribution in [2.24, 2.45) is 16.8 Å². The van der Waals surface area contributed by atoms with Crippen molar-refractivity contribution in [1.29, 1.82) is 0 Å². The molecule has 6 nitrogen and oxygen atoms in total. The minimum atomic E-state index is -3.23. The second-order valence-corrected chi connectivity index (χ2v) is 9.59. The van der Waals surface area contributed by atoms with Crippen LogP contribution in [-0.4, -0.2) is 46.0 Å². The normalized spacial score (nSPS) is 22.5. The summed E-state index contributed by atoms with van der Waals surface area (Å²) >= 11 is 0. The van der Waals surface area contributed by atoms with E-state index in [1.165, 1.54) is 32.7 Å². The number of benzene rings is 1. The summed E-state index contributed by atoms with van der Waals surface area (Å²) in [5, 5.41) is 3.44. The zero-order chi connectivity index (χ0) is 19.3. The topological polar surface area (TPSA) is 73.8 Å². The largest absolute Gasteiger partial charge is 0.357 e. The first-order chi connectivity index (χ1) is 13.0. The van der Waals surface area contributed by atoms with Crippen LogP contribution in [0.5, 0.6) is 0 Å². The molecule has 0 bridgehead atoms. The van der Waals surface area contributed by atoms with Crippen LogP contribution in [-0.2, 0) is 22.3 Å². The van der Waals surface area contributed by atoms with Crippen molar-refractivity contribution in [3.8, 4) is 0 Å². The highest BCUT2D eigenvalue weighted by atomic mass is 127. The Hall–Kier alpha value is -0.870. The summed E-state index contributed by atoms with van der Waals surface area (Å²) in [7, 11) is -1.79. The summed E-state index contributed by atoms with van der Waals surface area (Å²) in [6.07, 6.45) is 5.46. The fourth-order valence-corrected chi connectivity index (χ4v) is 4.98. The average Bonchev–Trinajstić information content (AvgIpc) is 3.10. The van der Waals surface area contributed by atoms with E-state index < -0.39 is 10.0 Å². The van der Waals surface area contributed by atoms with Gasteiger partial charge in [-0.15, -0.1) is 24.0 Å². The molecule has 0 radical (unpaired) electrons. The van der Waals surface area contributed by atoms with E-state index in [0.29, 0.717) is 6.54 Å². The highest BCUT2D eigenvalue weighted by Crippen LogP contribution is 2.35. The number of sulfonamides is 1. The maximum absolute atomic E-state index is 11.6. The van der Waals surface area contributed by atoms with Crippen LogP contribution in [0.1, 0.15) is 43.7 Å². The summed E-state index contributed by atoms with van der Waals surface area (Å²) in [4.78, 5) is 7.27. The highest BCUT2D eigenvalue weighted by molar-refractivity contribution is 14.0. The number of aliphatic imine (C=N–C) groups is 1. The van der Waals surface area contributed by atoms with Crippen molar-refractivity contribution in [2.45, 2.75) is 44.9 Å². The van der Waals surface area contributed by atoms with Gasteiger partial charge in [0.05, 0.1) is 12.3 Å². The van der Waals surface area contributed by atoms with E-state index in [1.54, 1.807) is 0 Å². The molecule has 2 atom stereocenters. The molecule has 1 aromatic rings. The summed E-state index contributed by atoms with van der Waals surface area (Å²) < 4.78 is 25.6. The van der Waals surface area contributed by atoms with Crippen LogP contribution in [0.2, 0.25) is 0 Å². The Morgan fingerprint density at radius 3 is 2.21 bits per heavy atom. The summed E-state index contributed by atoms with van der Waals surface area (Å²) in [6.45, 7) is 5.82. The van der Waals surface area contributed by atoms with Gasteiger partial charge in [-0.25, -0.2) is 18.1 Å². The van der Waals surface area contributed by atoms with Gasteiger partial charge in [0.25, 0.3) is 0 Å². The third-order valence-corrected chi connectivity index (χ3v) is 7.05. The SMILES string of the molecule is CCNC(=NCc1ccc(CS(=O)(=O)NC)cc1)N1CC2CCCCC2C1.I. The Labute approximate surface area is 186 Å². The van der Waals surface area contributed by atoms with Crippen LogP contribution in [0.25, 0.3) is 0 Å². The summed E-state index contributed by atoms with van der Waals surface area (Å²) in [6, 6.07) is 7.68. The van der Waals surface area contributed by atoms with Gasteiger partial charge in [0, 0.05) is 19.6 Å². The van der Waals surface area contributed by atoms with E-state index in [2.05, 4.69) is 21.9 Å². The van der Waals surface area contributed by atoms with E-state index in [1.807, 2.05) is 24.3 Å². The number of hydrogen-bond donors (Lipinski definition) is 2. The standard InChI is InChI=1S/C20H32N4O2S.HI/c1-3-22-20(24-13-18-6-4-5-7-19(18)14-24)23-12-16-8-10-17(11-9-16)15-27(25,26)21-2;/h8-11,18-19,21H,3-7,12-15H2,1-2H3,(H,22,23);1H. The number of halogens is 1. The van der Waals surface area contributed by atoms with Crippen LogP contribution < -0.4 is 10.0 Å². The molecule has 1 aliphatic heterocycles. The van der Waals surface area contributed by atoms with Gasteiger partial charge < -0.3 is 10.2 Å². The predicted octanol–water partition coefficient (Wildman–Crippen LogP) is 2.94. The first kappa shape index (κ1) is 23.4. The number of nitrogens with zero attached hydrogens (tertiary/aromatic N) is 2. The van der Waals surface area contributed by atoms with Crippen molar-refractivity contribution in [3.63, 3.8) is 0 Å². The lowest BCUT2D eigenvalue weighted by molar-refractivity contribution is 0.299. The molecule has 0 amide bonds. The van der Waals surface area contributed by atoms with Gasteiger partial charge in [0.2, 0.25) is 10.0 Å². The fraction of sp³-hybridized carbons (Fsp3) is 0.650. The molecule has 1 heterocycles. The van der Waals surface area contributed by atoms with Gasteiger partial charge in [0.1, 0.15) is 0 Å². The number of fused-ring (bicyclic) bond motifs is 1. The molecule has 3 rings (SSSR count). The van der Waals surface area contributed by atoms with E-state index in [-0.39, 0.29) is 29.7 Å². The molecule has 158 valence electrons. The van der Waals surface area contributed by atoms with Gasteiger partial charge in [0.15, 0.2) is 5.96 Å². The molecule has 2 N–H and O–H groups in total. The van der Waals surface area contributed by atoms with E-state index >= 15 is 0 Å². The zero-order valence-electron chi connectivity index (χ0n) is 16.9. The lowest BCUT2D eigenvalue weighted by Crippen LogP contribution is -2.40. The molecule has 0 spiro atoms. The second-order valence-electron chi connectivity index (χ2n) is 7.66. The summed E-state index contributed by atoms with van der Waals surface area (Å²) in [5.74, 6) is 2.67. The van der Waals surface area contributed by atoms with Crippen molar-refractivity contribution in [1.82, 2.24) is 14.9 Å². The van der Waals surface area contributed by atoms with Gasteiger partial charge in [-0.05, 0) is 49.8 Å². The molecule has 2 aliphatic rings. The van der Waals surface area contributed by atoms with E-state index in [4.69, 9.17) is 4.99 Å². The van der Waals surface area contributed by atoms with Gasteiger partial charge in [-0.3, -0.25) is 0 Å². The van der Waals surface area contributed by atoms with Crippen LogP contribution in [0.3, 0.4) is 0 Å². The van der Waals surface area contributed by atoms with Crippen molar-refractivity contribution in [2.75, 3.05) is 26.7 Å². The Kier molecular flexibility index (Phi) is 9.01. The third-order valence-electron chi connectivity index (χ3n) is 5.71. The number of nitrogens with one attached hydrogen (secondary N) is 2. The first-order valence-electron chi connectivity index (χ1n) is 10.0. The Balaban J connectivity index is 0.00000280. The second kappa shape index (κ2) is 10.8. The molecular weight excluding hydrogens is 487 g/mol. The molecule has 2 fully saturated rings. The van der Waals surface area contributed by atoms with Gasteiger partial charge in [-0.2, -0.15) is 0 Å². The molecule has 1 aliphatic carbocycles. The molecular formula is C20H33IN4O2S. The maximum Gasteiger partial charge on any atom is 0.215 e. The zero-order valence-corrected chi connectivity index (χ0v) is 20.0. The summed E-state index contributed by atoms with van der Waals surface area (Å²) in [5.41, 5.74) is 1.88. The number of likely N-dealkylation sites (tertiary alicyclic amines) is 1. The molecule has 28 heavy (non-hydrogen) atoms. The third kappa shape index (κ3) is 6.32. The monoisotopic (exact) mass is 520 g/mol. The average molecular weight is 520 g/mol. The smallest absolute Gasteiger partial charge is 0.215 e. The Morgan fingerprint density at radius 1 is 1.11 bits per heavy atom. The predicted molar refractivity (Wildman–Crippen MR) is 125 cm³/mol. The lowest BCUT2D eigenvalue weighted by atomic mass is 9.82.